The van der Waals surface area contributed by atoms with Crippen molar-refractivity contribution >= 4 is 17.0 Å². The maximum absolute atomic E-state index is 9.19. The third-order valence-corrected chi connectivity index (χ3v) is 4.73. The molecule has 6 nitrogen and oxygen atoms in total. The highest BCUT2D eigenvalue weighted by molar-refractivity contribution is 7.13. The van der Waals surface area contributed by atoms with Gasteiger partial charge >= 0.3 is 0 Å². The van der Waals surface area contributed by atoms with Crippen molar-refractivity contribution in [2.75, 3.05) is 12.4 Å². The average Bonchev–Trinajstić information content (AvgIpc) is 3.24. The standard InChI is InChI=1S/C21H13N5OS/c1-27-18-7-3-4-14(9-18)20-13-28-21(26-20)15-5-2-6-17(8-15)25-19(12-24)16(10-22)11-23/h2-9,13,25H,1H3. The molecule has 3 rings (SSSR count). The summed E-state index contributed by atoms with van der Waals surface area (Å²) < 4.78 is 5.26. The lowest BCUT2D eigenvalue weighted by molar-refractivity contribution is 0.415. The maximum Gasteiger partial charge on any atom is 0.163 e. The first-order chi connectivity index (χ1) is 13.7. The molecule has 134 valence electrons. The van der Waals surface area contributed by atoms with Crippen molar-refractivity contribution in [3.63, 3.8) is 0 Å². The Balaban J connectivity index is 1.91. The fourth-order valence-electron chi connectivity index (χ4n) is 2.48. The molecule has 0 spiro atoms. The summed E-state index contributed by atoms with van der Waals surface area (Å²) in [5.41, 5.74) is 2.90. The van der Waals surface area contributed by atoms with Gasteiger partial charge in [0.25, 0.3) is 0 Å². The van der Waals surface area contributed by atoms with Gasteiger partial charge in [-0.3, -0.25) is 0 Å². The van der Waals surface area contributed by atoms with Crippen LogP contribution in [-0.2, 0) is 0 Å². The molecular formula is C21H13N5OS. The van der Waals surface area contributed by atoms with Gasteiger partial charge in [0.1, 0.15) is 34.7 Å². The number of rotatable bonds is 5. The smallest absolute Gasteiger partial charge is 0.163 e. The highest BCUT2D eigenvalue weighted by Crippen LogP contribution is 2.31. The molecule has 2 aromatic carbocycles. The molecule has 0 unspecified atom stereocenters. The molecule has 1 heterocycles. The lowest BCUT2D eigenvalue weighted by Gasteiger charge is -2.06. The molecule has 0 aliphatic carbocycles. The van der Waals surface area contributed by atoms with Crippen LogP contribution in [0, 0.1) is 34.0 Å². The number of nitrogens with zero attached hydrogens (tertiary/aromatic N) is 4. The second kappa shape index (κ2) is 8.51. The van der Waals surface area contributed by atoms with Crippen LogP contribution in [0.1, 0.15) is 0 Å². The monoisotopic (exact) mass is 383 g/mol. The molecular weight excluding hydrogens is 370 g/mol. The predicted molar refractivity (Wildman–Crippen MR) is 107 cm³/mol. The van der Waals surface area contributed by atoms with Gasteiger partial charge in [-0.25, -0.2) is 4.98 Å². The Morgan fingerprint density at radius 2 is 1.75 bits per heavy atom. The lowest BCUT2D eigenvalue weighted by Crippen LogP contribution is -2.00. The Hall–Kier alpha value is -4.12. The number of hydrogen-bond acceptors (Lipinski definition) is 7. The first kappa shape index (κ1) is 18.7. The summed E-state index contributed by atoms with van der Waals surface area (Å²) in [6, 6.07) is 20.2. The molecule has 0 fully saturated rings. The summed E-state index contributed by atoms with van der Waals surface area (Å²) in [5, 5.41) is 32.7. The zero-order valence-corrected chi connectivity index (χ0v) is 15.6. The Morgan fingerprint density at radius 3 is 2.46 bits per heavy atom. The minimum absolute atomic E-state index is 0.0849. The van der Waals surface area contributed by atoms with Crippen molar-refractivity contribution in [2.45, 2.75) is 0 Å². The van der Waals surface area contributed by atoms with Gasteiger partial charge in [-0.2, -0.15) is 15.8 Å². The second-order valence-corrected chi connectivity index (χ2v) is 6.42. The Kier molecular flexibility index (Phi) is 5.67. The molecule has 1 N–H and O–H groups in total. The summed E-state index contributed by atoms with van der Waals surface area (Å²) in [6.07, 6.45) is 0. The first-order valence-corrected chi connectivity index (χ1v) is 8.98. The van der Waals surface area contributed by atoms with E-state index in [0.29, 0.717) is 5.69 Å². The van der Waals surface area contributed by atoms with Gasteiger partial charge in [0, 0.05) is 22.2 Å². The van der Waals surface area contributed by atoms with Crippen LogP contribution in [0.5, 0.6) is 5.75 Å². The average molecular weight is 383 g/mol. The number of anilines is 1. The van der Waals surface area contributed by atoms with E-state index in [2.05, 4.69) is 10.3 Å². The molecule has 0 bridgehead atoms. The number of ether oxygens (including phenoxy) is 1. The van der Waals surface area contributed by atoms with Crippen LogP contribution in [-0.4, -0.2) is 12.1 Å². The van der Waals surface area contributed by atoms with Crippen molar-refractivity contribution in [1.82, 2.24) is 4.98 Å². The van der Waals surface area contributed by atoms with Crippen LogP contribution in [0.2, 0.25) is 0 Å². The van der Waals surface area contributed by atoms with Gasteiger partial charge in [0.05, 0.1) is 12.8 Å². The van der Waals surface area contributed by atoms with Gasteiger partial charge in [-0.1, -0.05) is 24.3 Å². The number of allylic oxidation sites excluding steroid dienone is 2. The van der Waals surface area contributed by atoms with Crippen molar-refractivity contribution in [3.05, 3.63) is 65.2 Å². The summed E-state index contributed by atoms with van der Waals surface area (Å²) in [5.74, 6) is 0.764. The highest BCUT2D eigenvalue weighted by Gasteiger charge is 2.10. The fraction of sp³-hybridized carbons (Fsp3) is 0.0476. The molecule has 0 saturated heterocycles. The number of nitrogens with one attached hydrogen (secondary N) is 1. The van der Waals surface area contributed by atoms with E-state index < -0.39 is 0 Å². The molecule has 0 aliphatic heterocycles. The fourth-order valence-corrected chi connectivity index (χ4v) is 3.30. The SMILES string of the molecule is COc1cccc(-c2csc(-c3cccc(NC(C#N)=C(C#N)C#N)c3)n2)c1. The van der Waals surface area contributed by atoms with Gasteiger partial charge in [0.15, 0.2) is 5.57 Å². The number of hydrogen-bond donors (Lipinski definition) is 1. The Morgan fingerprint density at radius 1 is 1.00 bits per heavy atom. The van der Waals surface area contributed by atoms with E-state index in [0.717, 1.165) is 27.6 Å². The Bertz CT molecular complexity index is 1160. The summed E-state index contributed by atoms with van der Waals surface area (Å²) in [6.45, 7) is 0. The van der Waals surface area contributed by atoms with Gasteiger partial charge in [0.2, 0.25) is 0 Å². The summed E-state index contributed by atoms with van der Waals surface area (Å²) in [7, 11) is 1.62. The number of aromatic nitrogens is 1. The predicted octanol–water partition coefficient (Wildman–Crippen LogP) is 4.72. The van der Waals surface area contributed by atoms with Crippen LogP contribution in [0.4, 0.5) is 5.69 Å². The zero-order valence-electron chi connectivity index (χ0n) is 14.8. The summed E-state index contributed by atoms with van der Waals surface area (Å²) >= 11 is 1.50. The van der Waals surface area contributed by atoms with Crippen LogP contribution in [0.25, 0.3) is 21.8 Å². The van der Waals surface area contributed by atoms with E-state index in [1.54, 1.807) is 25.3 Å². The number of thiazole rings is 1. The van der Waals surface area contributed by atoms with Crippen LogP contribution in [0.3, 0.4) is 0 Å². The summed E-state index contributed by atoms with van der Waals surface area (Å²) in [4.78, 5) is 4.69. The van der Waals surface area contributed by atoms with E-state index in [9.17, 15) is 5.26 Å². The van der Waals surface area contributed by atoms with Crippen LogP contribution >= 0.6 is 11.3 Å². The Labute approximate surface area is 166 Å². The number of nitriles is 3. The highest BCUT2D eigenvalue weighted by atomic mass is 32.1. The van der Waals surface area contributed by atoms with Gasteiger partial charge < -0.3 is 10.1 Å². The van der Waals surface area contributed by atoms with E-state index in [4.69, 9.17) is 15.3 Å². The van der Waals surface area contributed by atoms with E-state index >= 15 is 0 Å². The number of methoxy groups -OCH3 is 1. The van der Waals surface area contributed by atoms with Crippen molar-refractivity contribution in [2.24, 2.45) is 0 Å². The molecule has 0 atom stereocenters. The third kappa shape index (κ3) is 3.99. The molecule has 7 heteroatoms. The largest absolute Gasteiger partial charge is 0.497 e. The zero-order chi connectivity index (χ0) is 19.9. The first-order valence-electron chi connectivity index (χ1n) is 8.10. The molecule has 1 aromatic heterocycles. The molecule has 3 aromatic rings. The van der Waals surface area contributed by atoms with E-state index in [-0.39, 0.29) is 11.3 Å². The van der Waals surface area contributed by atoms with Gasteiger partial charge in [-0.05, 0) is 24.3 Å². The normalized spacial score (nSPS) is 9.50. The van der Waals surface area contributed by atoms with Crippen molar-refractivity contribution in [3.8, 4) is 45.8 Å². The minimum Gasteiger partial charge on any atom is -0.497 e. The van der Waals surface area contributed by atoms with Crippen molar-refractivity contribution in [1.29, 1.82) is 15.8 Å². The minimum atomic E-state index is -0.262. The topological polar surface area (TPSA) is 106 Å². The molecule has 0 saturated carbocycles. The third-order valence-electron chi connectivity index (χ3n) is 3.83. The van der Waals surface area contributed by atoms with Crippen molar-refractivity contribution < 1.29 is 4.74 Å². The second-order valence-electron chi connectivity index (χ2n) is 5.56. The van der Waals surface area contributed by atoms with E-state index in [1.807, 2.05) is 53.9 Å². The number of benzene rings is 2. The van der Waals surface area contributed by atoms with E-state index in [1.165, 1.54) is 11.3 Å². The van der Waals surface area contributed by atoms with Gasteiger partial charge in [-0.15, -0.1) is 11.3 Å². The maximum atomic E-state index is 9.19. The quantitative estimate of drug-likeness (QED) is 0.639. The molecule has 0 aliphatic rings. The molecule has 28 heavy (non-hydrogen) atoms. The molecule has 0 radical (unpaired) electrons. The van der Waals surface area contributed by atoms with Crippen LogP contribution in [0.15, 0.2) is 65.2 Å². The van der Waals surface area contributed by atoms with Crippen LogP contribution < -0.4 is 10.1 Å². The molecule has 0 amide bonds. The lowest BCUT2D eigenvalue weighted by atomic mass is 10.1.